The highest BCUT2D eigenvalue weighted by Gasteiger charge is 2.27. The zero-order valence-corrected chi connectivity index (χ0v) is 15.5. The first-order valence-corrected chi connectivity index (χ1v) is 9.54. The lowest BCUT2D eigenvalue weighted by Gasteiger charge is -2.11. The quantitative estimate of drug-likeness (QED) is 0.457. The molecule has 1 amide bonds. The second-order valence-electron chi connectivity index (χ2n) is 5.59. The molecule has 1 aliphatic carbocycles. The Morgan fingerprint density at radius 1 is 1.40 bits per heavy atom. The number of thiophene rings is 1. The van der Waals surface area contributed by atoms with Gasteiger partial charge >= 0.3 is 16.6 Å². The molecule has 8 nitrogen and oxygen atoms in total. The van der Waals surface area contributed by atoms with Crippen molar-refractivity contribution in [1.29, 1.82) is 0 Å². The van der Waals surface area contributed by atoms with Crippen molar-refractivity contribution in [2.45, 2.75) is 30.7 Å². The van der Waals surface area contributed by atoms with E-state index in [0.717, 1.165) is 47.9 Å². The summed E-state index contributed by atoms with van der Waals surface area (Å²) >= 11 is 2.49. The Balaban J connectivity index is 1.76. The van der Waals surface area contributed by atoms with Crippen LogP contribution < -0.4 is 15.6 Å². The number of hydrogen-bond acceptors (Lipinski definition) is 7. The van der Waals surface area contributed by atoms with Gasteiger partial charge in [0.25, 0.3) is 0 Å². The van der Waals surface area contributed by atoms with Crippen molar-refractivity contribution in [3.63, 3.8) is 0 Å². The molecule has 0 bridgehead atoms. The number of ether oxygens (including phenoxy) is 1. The van der Waals surface area contributed by atoms with Crippen molar-refractivity contribution in [2.75, 3.05) is 18.2 Å². The standard InChI is InChI=1S/C15H17N3O5S2/c1-18-13(15(21)23-17-18)24-7-10(19)16-12-11(14(20)22-2)8-5-3-4-6-9(8)25-12/h3-7H2,1-2H3,(H-,16,17,19,20,21)/p+1. The number of H-pyrrole nitrogens is 1. The minimum absolute atomic E-state index is 0.0274. The Bertz CT molecular complexity index is 867. The highest BCUT2D eigenvalue weighted by molar-refractivity contribution is 7.99. The normalized spacial score (nSPS) is 13.4. The first-order chi connectivity index (χ1) is 12.0. The van der Waals surface area contributed by atoms with Gasteiger partial charge in [-0.1, -0.05) is 4.68 Å². The monoisotopic (exact) mass is 384 g/mol. The molecule has 0 saturated carbocycles. The predicted molar refractivity (Wildman–Crippen MR) is 92.2 cm³/mol. The van der Waals surface area contributed by atoms with Crippen LogP contribution in [0.2, 0.25) is 0 Å². The van der Waals surface area contributed by atoms with Gasteiger partial charge in [0.15, 0.2) is 7.05 Å². The van der Waals surface area contributed by atoms with E-state index in [9.17, 15) is 14.4 Å². The molecular formula is C15H18N3O5S2+. The van der Waals surface area contributed by atoms with E-state index < -0.39 is 11.6 Å². The lowest BCUT2D eigenvalue weighted by Crippen LogP contribution is -2.34. The van der Waals surface area contributed by atoms with Crippen LogP contribution in [0.5, 0.6) is 0 Å². The fourth-order valence-corrected chi connectivity index (χ4v) is 4.78. The van der Waals surface area contributed by atoms with Gasteiger partial charge in [0.05, 0.1) is 18.4 Å². The zero-order valence-electron chi connectivity index (χ0n) is 13.8. The molecule has 10 heteroatoms. The number of hydrogen-bond donors (Lipinski definition) is 2. The number of anilines is 1. The van der Waals surface area contributed by atoms with Crippen LogP contribution in [0.15, 0.2) is 14.3 Å². The predicted octanol–water partition coefficient (Wildman–Crippen LogP) is 1.25. The second kappa shape index (κ2) is 7.44. The molecule has 2 aromatic rings. The van der Waals surface area contributed by atoms with Crippen LogP contribution in [-0.2, 0) is 29.4 Å². The van der Waals surface area contributed by atoms with Gasteiger partial charge in [-0.25, -0.2) is 9.59 Å². The van der Waals surface area contributed by atoms with Crippen LogP contribution in [0.25, 0.3) is 0 Å². The maximum atomic E-state index is 12.3. The van der Waals surface area contributed by atoms with Gasteiger partial charge in [-0.3, -0.25) is 9.32 Å². The zero-order chi connectivity index (χ0) is 18.0. The molecular weight excluding hydrogens is 366 g/mol. The van der Waals surface area contributed by atoms with E-state index in [1.165, 1.54) is 23.1 Å². The minimum atomic E-state index is -0.526. The summed E-state index contributed by atoms with van der Waals surface area (Å²) in [7, 11) is 2.95. The van der Waals surface area contributed by atoms with Crippen LogP contribution in [0.3, 0.4) is 0 Å². The lowest BCUT2D eigenvalue weighted by atomic mass is 9.95. The van der Waals surface area contributed by atoms with Gasteiger partial charge in [-0.15, -0.1) is 11.3 Å². The summed E-state index contributed by atoms with van der Waals surface area (Å²) in [6.45, 7) is 0. The third-order valence-electron chi connectivity index (χ3n) is 3.91. The topological polar surface area (TPSA) is 105 Å². The summed E-state index contributed by atoms with van der Waals surface area (Å²) < 4.78 is 10.9. The molecule has 3 rings (SSSR count). The van der Waals surface area contributed by atoms with Crippen molar-refractivity contribution in [1.82, 2.24) is 5.27 Å². The molecule has 25 heavy (non-hydrogen) atoms. The largest absolute Gasteiger partial charge is 0.465 e. The van der Waals surface area contributed by atoms with Crippen molar-refractivity contribution in [3.05, 3.63) is 26.4 Å². The number of aromatic nitrogens is 2. The highest BCUT2D eigenvalue weighted by Crippen LogP contribution is 2.38. The van der Waals surface area contributed by atoms with E-state index >= 15 is 0 Å². The van der Waals surface area contributed by atoms with Crippen LogP contribution >= 0.6 is 23.1 Å². The number of nitrogens with one attached hydrogen (secondary N) is 2. The number of aryl methyl sites for hydroxylation is 2. The van der Waals surface area contributed by atoms with Crippen molar-refractivity contribution in [3.8, 4) is 0 Å². The van der Waals surface area contributed by atoms with Crippen LogP contribution in [0.1, 0.15) is 33.6 Å². The summed E-state index contributed by atoms with van der Waals surface area (Å²) in [5.74, 6) is -0.700. The Morgan fingerprint density at radius 3 is 2.84 bits per heavy atom. The number of methoxy groups -OCH3 is 1. The maximum absolute atomic E-state index is 12.3. The van der Waals surface area contributed by atoms with Crippen molar-refractivity contribution >= 4 is 40.0 Å². The molecule has 134 valence electrons. The molecule has 0 aliphatic heterocycles. The lowest BCUT2D eigenvalue weighted by molar-refractivity contribution is -0.772. The Labute approximate surface area is 151 Å². The van der Waals surface area contributed by atoms with Gasteiger partial charge in [0, 0.05) is 4.88 Å². The molecule has 0 fully saturated rings. The van der Waals surface area contributed by atoms with Crippen LogP contribution in [0, 0.1) is 0 Å². The summed E-state index contributed by atoms with van der Waals surface area (Å²) in [4.78, 5) is 37.1. The molecule has 0 spiro atoms. The van der Waals surface area contributed by atoms with E-state index in [1.807, 2.05) is 0 Å². The smallest absolute Gasteiger partial charge is 0.441 e. The molecule has 0 atom stereocenters. The highest BCUT2D eigenvalue weighted by atomic mass is 32.2. The average molecular weight is 384 g/mol. The molecule has 0 aromatic carbocycles. The van der Waals surface area contributed by atoms with Crippen molar-refractivity contribution in [2.24, 2.45) is 7.05 Å². The fourth-order valence-electron chi connectivity index (χ4n) is 2.76. The van der Waals surface area contributed by atoms with E-state index in [1.54, 1.807) is 7.05 Å². The van der Waals surface area contributed by atoms with Gasteiger partial charge < -0.3 is 10.1 Å². The Kier molecular flexibility index (Phi) is 5.28. The number of esters is 1. The molecule has 2 N–H and O–H groups in total. The maximum Gasteiger partial charge on any atom is 0.441 e. The summed E-state index contributed by atoms with van der Waals surface area (Å²) in [5, 5.41) is 6.01. The Hall–Kier alpha value is -2.07. The van der Waals surface area contributed by atoms with Crippen LogP contribution in [0.4, 0.5) is 5.00 Å². The SMILES string of the molecule is COC(=O)c1c(NC(=O)CSc2c(=O)o[nH][n+]2C)sc2c1CCCC2. The molecule has 0 saturated heterocycles. The number of carbonyl (C=O) groups is 2. The molecule has 1 aliphatic rings. The third kappa shape index (κ3) is 3.64. The Morgan fingerprint density at radius 2 is 2.16 bits per heavy atom. The number of amides is 1. The van der Waals surface area contributed by atoms with Crippen molar-refractivity contribution < 1.29 is 23.5 Å². The summed E-state index contributed by atoms with van der Waals surface area (Å²) in [6.07, 6.45) is 3.84. The second-order valence-corrected chi connectivity index (χ2v) is 7.66. The van der Waals surface area contributed by atoms with Crippen LogP contribution in [-0.4, -0.2) is 30.0 Å². The first kappa shape index (κ1) is 17.7. The van der Waals surface area contributed by atoms with E-state index in [2.05, 4.69) is 15.1 Å². The number of rotatable bonds is 5. The van der Waals surface area contributed by atoms with Gasteiger partial charge in [-0.05, 0) is 48.3 Å². The number of aromatic amines is 1. The molecule has 0 radical (unpaired) electrons. The minimum Gasteiger partial charge on any atom is -0.465 e. The molecule has 2 heterocycles. The molecule has 0 unspecified atom stereocenters. The van der Waals surface area contributed by atoms with E-state index in [-0.39, 0.29) is 11.7 Å². The third-order valence-corrected chi connectivity index (χ3v) is 6.24. The van der Waals surface area contributed by atoms with E-state index in [0.29, 0.717) is 15.6 Å². The van der Waals surface area contributed by atoms with Gasteiger partial charge in [0.2, 0.25) is 5.91 Å². The number of nitrogens with zero attached hydrogens (tertiary/aromatic N) is 1. The number of thioether (sulfide) groups is 1. The summed E-state index contributed by atoms with van der Waals surface area (Å²) in [6, 6.07) is 0. The van der Waals surface area contributed by atoms with Gasteiger partial charge in [-0.2, -0.15) is 0 Å². The van der Waals surface area contributed by atoms with E-state index in [4.69, 9.17) is 4.74 Å². The number of carbonyl (C=O) groups excluding carboxylic acids is 2. The first-order valence-electron chi connectivity index (χ1n) is 7.74. The summed E-state index contributed by atoms with van der Waals surface area (Å²) in [5.41, 5.74) is 0.929. The van der Waals surface area contributed by atoms with Gasteiger partial charge in [0.1, 0.15) is 5.00 Å². The average Bonchev–Trinajstić information content (AvgIpc) is 3.12. The number of fused-ring (bicyclic) bond motifs is 1. The molecule has 2 aromatic heterocycles. The fraction of sp³-hybridized carbons (Fsp3) is 0.467.